The van der Waals surface area contributed by atoms with E-state index in [1.54, 1.807) is 0 Å². The zero-order valence-electron chi connectivity index (χ0n) is 10.5. The zero-order chi connectivity index (χ0) is 12.6. The second kappa shape index (κ2) is 6.77. The Morgan fingerprint density at radius 2 is 1.33 bits per heavy atom. The van der Waals surface area contributed by atoms with Gasteiger partial charge in [-0.1, -0.05) is 72.8 Å². The van der Waals surface area contributed by atoms with Crippen LogP contribution in [0.3, 0.4) is 0 Å². The molecule has 0 unspecified atom stereocenters. The van der Waals surface area contributed by atoms with Gasteiger partial charge in [-0.2, -0.15) is 0 Å². The highest BCUT2D eigenvalue weighted by Gasteiger charge is 2.09. The fourth-order valence-corrected chi connectivity index (χ4v) is 2.06. The van der Waals surface area contributed by atoms with E-state index in [2.05, 4.69) is 72.8 Å². The molecule has 0 saturated carbocycles. The van der Waals surface area contributed by atoms with Gasteiger partial charge in [0.2, 0.25) is 0 Å². The summed E-state index contributed by atoms with van der Waals surface area (Å²) in [4.78, 5) is 0. The summed E-state index contributed by atoms with van der Waals surface area (Å²) >= 11 is 0. The number of allylic oxidation sites excluding steroid dienone is 1. The van der Waals surface area contributed by atoms with Crippen molar-refractivity contribution in [1.29, 1.82) is 0 Å². The maximum atomic E-state index is 5.54. The summed E-state index contributed by atoms with van der Waals surface area (Å²) in [7, 11) is 0. The number of hydrogen-bond acceptors (Lipinski definition) is 1. The third-order valence-corrected chi connectivity index (χ3v) is 2.98. The van der Waals surface area contributed by atoms with Crippen molar-refractivity contribution in [2.45, 2.75) is 12.3 Å². The molecular formula is C17H19N. The minimum Gasteiger partial charge on any atom is -0.330 e. The van der Waals surface area contributed by atoms with E-state index in [9.17, 15) is 0 Å². The fourth-order valence-electron chi connectivity index (χ4n) is 2.06. The van der Waals surface area contributed by atoms with Gasteiger partial charge in [0.1, 0.15) is 0 Å². The molecule has 0 aliphatic rings. The molecular weight excluding hydrogens is 218 g/mol. The molecule has 0 aliphatic carbocycles. The first kappa shape index (κ1) is 12.6. The van der Waals surface area contributed by atoms with Crippen LogP contribution < -0.4 is 5.73 Å². The van der Waals surface area contributed by atoms with E-state index in [0.29, 0.717) is 12.5 Å². The predicted molar refractivity (Wildman–Crippen MR) is 77.5 cm³/mol. The Hall–Kier alpha value is -1.86. The summed E-state index contributed by atoms with van der Waals surface area (Å²) < 4.78 is 0. The number of benzene rings is 2. The van der Waals surface area contributed by atoms with Crippen LogP contribution >= 0.6 is 0 Å². The molecule has 0 aliphatic heterocycles. The Morgan fingerprint density at radius 3 is 1.78 bits per heavy atom. The van der Waals surface area contributed by atoms with Crippen molar-refractivity contribution in [3.05, 3.63) is 83.9 Å². The lowest BCUT2D eigenvalue weighted by atomic mass is 9.91. The fraction of sp³-hybridized carbons (Fsp3) is 0.176. The minimum absolute atomic E-state index is 0.318. The van der Waals surface area contributed by atoms with Gasteiger partial charge in [0, 0.05) is 5.92 Å². The number of rotatable bonds is 5. The van der Waals surface area contributed by atoms with Crippen LogP contribution in [0.5, 0.6) is 0 Å². The maximum absolute atomic E-state index is 5.54. The lowest BCUT2D eigenvalue weighted by molar-refractivity contribution is 0.971. The second-order valence-electron chi connectivity index (χ2n) is 4.30. The molecule has 0 atom stereocenters. The van der Waals surface area contributed by atoms with Gasteiger partial charge in [-0.25, -0.2) is 0 Å². The van der Waals surface area contributed by atoms with Gasteiger partial charge in [-0.15, -0.1) is 0 Å². The topological polar surface area (TPSA) is 26.0 Å². The molecule has 0 spiro atoms. The minimum atomic E-state index is 0.318. The van der Waals surface area contributed by atoms with Crippen LogP contribution in [0.25, 0.3) is 0 Å². The Labute approximate surface area is 109 Å². The van der Waals surface area contributed by atoms with Crippen LogP contribution in [0.4, 0.5) is 0 Å². The van der Waals surface area contributed by atoms with Crippen LogP contribution in [0.2, 0.25) is 0 Å². The van der Waals surface area contributed by atoms with Gasteiger partial charge < -0.3 is 5.73 Å². The van der Waals surface area contributed by atoms with Gasteiger partial charge >= 0.3 is 0 Å². The average molecular weight is 237 g/mol. The van der Waals surface area contributed by atoms with E-state index in [-0.39, 0.29) is 0 Å². The Kier molecular flexibility index (Phi) is 4.74. The van der Waals surface area contributed by atoms with Crippen LogP contribution in [0.15, 0.2) is 72.8 Å². The van der Waals surface area contributed by atoms with Crippen LogP contribution in [0.1, 0.15) is 23.5 Å². The van der Waals surface area contributed by atoms with Crippen molar-refractivity contribution >= 4 is 0 Å². The molecule has 0 amide bonds. The molecule has 0 heterocycles. The monoisotopic (exact) mass is 237 g/mol. The van der Waals surface area contributed by atoms with Gasteiger partial charge in [0.05, 0.1) is 0 Å². The largest absolute Gasteiger partial charge is 0.330 e. The molecule has 1 heteroatoms. The van der Waals surface area contributed by atoms with E-state index in [1.165, 1.54) is 11.1 Å². The highest BCUT2D eigenvalue weighted by molar-refractivity contribution is 5.36. The summed E-state index contributed by atoms with van der Waals surface area (Å²) in [6.07, 6.45) is 5.35. The molecule has 1 nitrogen and oxygen atoms in total. The average Bonchev–Trinajstić information content (AvgIpc) is 2.46. The van der Waals surface area contributed by atoms with Crippen molar-refractivity contribution in [2.75, 3.05) is 6.54 Å². The summed E-state index contributed by atoms with van der Waals surface area (Å²) in [5.74, 6) is 0.318. The van der Waals surface area contributed by atoms with Gasteiger partial charge in [0.15, 0.2) is 0 Å². The highest BCUT2D eigenvalue weighted by Crippen LogP contribution is 2.25. The SMILES string of the molecule is NCC/C=C/C(c1ccccc1)c1ccccc1. The van der Waals surface area contributed by atoms with Crippen molar-refractivity contribution < 1.29 is 0 Å². The van der Waals surface area contributed by atoms with E-state index < -0.39 is 0 Å². The summed E-state index contributed by atoms with van der Waals surface area (Å²) in [6.45, 7) is 0.701. The van der Waals surface area contributed by atoms with Crippen LogP contribution in [-0.4, -0.2) is 6.54 Å². The lowest BCUT2D eigenvalue weighted by Gasteiger charge is -2.13. The molecule has 2 aromatic carbocycles. The third kappa shape index (κ3) is 3.31. The number of hydrogen-bond donors (Lipinski definition) is 1. The second-order valence-corrected chi connectivity index (χ2v) is 4.30. The molecule has 0 aromatic heterocycles. The van der Waals surface area contributed by atoms with E-state index in [1.807, 2.05) is 0 Å². The Balaban J connectivity index is 2.29. The highest BCUT2D eigenvalue weighted by atomic mass is 14.5. The summed E-state index contributed by atoms with van der Waals surface area (Å²) in [5.41, 5.74) is 8.17. The normalized spacial score (nSPS) is 11.2. The Bertz CT molecular complexity index is 434. The van der Waals surface area contributed by atoms with E-state index in [4.69, 9.17) is 5.73 Å². The quantitative estimate of drug-likeness (QED) is 0.788. The lowest BCUT2D eigenvalue weighted by Crippen LogP contribution is -1.99. The molecule has 0 radical (unpaired) electrons. The molecule has 0 saturated heterocycles. The van der Waals surface area contributed by atoms with Crippen LogP contribution in [-0.2, 0) is 0 Å². The first-order valence-corrected chi connectivity index (χ1v) is 6.38. The predicted octanol–water partition coefficient (Wildman–Crippen LogP) is 3.72. The van der Waals surface area contributed by atoms with Crippen molar-refractivity contribution in [3.8, 4) is 0 Å². The third-order valence-electron chi connectivity index (χ3n) is 2.98. The molecule has 2 N–H and O–H groups in total. The Morgan fingerprint density at radius 1 is 0.833 bits per heavy atom. The summed E-state index contributed by atoms with van der Waals surface area (Å²) in [5, 5.41) is 0. The molecule has 2 rings (SSSR count). The number of nitrogens with two attached hydrogens (primary N) is 1. The van der Waals surface area contributed by atoms with Gasteiger partial charge in [0.25, 0.3) is 0 Å². The molecule has 92 valence electrons. The van der Waals surface area contributed by atoms with Crippen molar-refractivity contribution in [3.63, 3.8) is 0 Å². The standard InChI is InChI=1S/C17H19N/c18-14-8-7-13-17(15-9-3-1-4-10-15)16-11-5-2-6-12-16/h1-7,9-13,17H,8,14,18H2/b13-7+. The van der Waals surface area contributed by atoms with Gasteiger partial charge in [-0.05, 0) is 24.1 Å². The molecule has 18 heavy (non-hydrogen) atoms. The molecule has 0 bridgehead atoms. The van der Waals surface area contributed by atoms with E-state index in [0.717, 1.165) is 6.42 Å². The molecule has 2 aromatic rings. The van der Waals surface area contributed by atoms with Crippen LogP contribution in [0, 0.1) is 0 Å². The zero-order valence-corrected chi connectivity index (χ0v) is 10.5. The molecule has 0 fully saturated rings. The first-order valence-electron chi connectivity index (χ1n) is 6.38. The van der Waals surface area contributed by atoms with Gasteiger partial charge in [-0.3, -0.25) is 0 Å². The smallest absolute Gasteiger partial charge is 0.0269 e. The maximum Gasteiger partial charge on any atom is 0.0269 e. The van der Waals surface area contributed by atoms with Crippen molar-refractivity contribution in [2.24, 2.45) is 5.73 Å². The summed E-state index contributed by atoms with van der Waals surface area (Å²) in [6, 6.07) is 21.1. The first-order chi connectivity index (χ1) is 8.92. The van der Waals surface area contributed by atoms with E-state index >= 15 is 0 Å². The van der Waals surface area contributed by atoms with Crippen molar-refractivity contribution in [1.82, 2.24) is 0 Å².